The molecule has 7 heteroatoms. The van der Waals surface area contributed by atoms with Crippen LogP contribution in [0.1, 0.15) is 19.3 Å². The standard InChI is InChI=1S/C10H13F3N2O2/c11-10(12,13)7(5-14)6-15(8-1-2-8)4-3-9(16)17/h7-8H,1-4,6H2,(H,16,17). The lowest BCUT2D eigenvalue weighted by atomic mass is 10.1. The molecule has 0 aromatic carbocycles. The molecule has 1 unspecified atom stereocenters. The predicted octanol–water partition coefficient (Wildman–Crippen LogP) is 1.63. The van der Waals surface area contributed by atoms with Crippen molar-refractivity contribution in [1.82, 2.24) is 4.90 Å². The average molecular weight is 250 g/mol. The van der Waals surface area contributed by atoms with Crippen LogP contribution in [0, 0.1) is 17.2 Å². The molecule has 0 aliphatic heterocycles. The van der Waals surface area contributed by atoms with Crippen molar-refractivity contribution in [3.05, 3.63) is 0 Å². The molecule has 4 nitrogen and oxygen atoms in total. The quantitative estimate of drug-likeness (QED) is 0.778. The summed E-state index contributed by atoms with van der Waals surface area (Å²) in [5, 5.41) is 17.0. The lowest BCUT2D eigenvalue weighted by Crippen LogP contribution is -2.38. The van der Waals surface area contributed by atoms with Crippen LogP contribution < -0.4 is 0 Å². The molecule has 0 radical (unpaired) electrons. The largest absolute Gasteiger partial charge is 0.481 e. The first-order valence-corrected chi connectivity index (χ1v) is 5.26. The van der Waals surface area contributed by atoms with Crippen LogP contribution in [0.5, 0.6) is 0 Å². The minimum atomic E-state index is -4.55. The third-order valence-corrected chi connectivity index (χ3v) is 2.64. The van der Waals surface area contributed by atoms with Crippen molar-refractivity contribution in [1.29, 1.82) is 5.26 Å². The Kier molecular flexibility index (Phi) is 4.34. The highest BCUT2D eigenvalue weighted by Crippen LogP contribution is 2.32. The first kappa shape index (κ1) is 13.8. The summed E-state index contributed by atoms with van der Waals surface area (Å²) in [7, 11) is 0. The van der Waals surface area contributed by atoms with Crippen molar-refractivity contribution in [2.75, 3.05) is 13.1 Å². The van der Waals surface area contributed by atoms with E-state index in [1.54, 1.807) is 0 Å². The van der Waals surface area contributed by atoms with E-state index in [1.807, 2.05) is 0 Å². The topological polar surface area (TPSA) is 64.3 Å². The molecule has 0 heterocycles. The van der Waals surface area contributed by atoms with Gasteiger partial charge in [0.15, 0.2) is 5.92 Å². The Morgan fingerprint density at radius 3 is 2.47 bits per heavy atom. The summed E-state index contributed by atoms with van der Waals surface area (Å²) in [4.78, 5) is 11.8. The smallest absolute Gasteiger partial charge is 0.405 e. The SMILES string of the molecule is N#CC(CN(CCC(=O)O)C1CC1)C(F)(F)F. The third-order valence-electron chi connectivity index (χ3n) is 2.64. The van der Waals surface area contributed by atoms with Gasteiger partial charge in [0.05, 0.1) is 12.5 Å². The number of rotatable bonds is 6. The minimum absolute atomic E-state index is 0.00699. The fourth-order valence-electron chi connectivity index (χ4n) is 1.55. The van der Waals surface area contributed by atoms with Gasteiger partial charge in [-0.05, 0) is 12.8 Å². The van der Waals surface area contributed by atoms with Crippen LogP contribution in [0.25, 0.3) is 0 Å². The lowest BCUT2D eigenvalue weighted by molar-refractivity contribution is -0.163. The van der Waals surface area contributed by atoms with E-state index in [1.165, 1.54) is 11.0 Å². The summed E-state index contributed by atoms with van der Waals surface area (Å²) in [6, 6.07) is 1.24. The van der Waals surface area contributed by atoms with Crippen molar-refractivity contribution in [3.8, 4) is 6.07 Å². The molecular formula is C10H13F3N2O2. The number of alkyl halides is 3. The molecule has 1 aliphatic rings. The molecule has 1 saturated carbocycles. The Morgan fingerprint density at radius 1 is 1.53 bits per heavy atom. The van der Waals surface area contributed by atoms with E-state index < -0.39 is 24.6 Å². The average Bonchev–Trinajstić information content (AvgIpc) is 2.99. The number of carbonyl (C=O) groups is 1. The second-order valence-corrected chi connectivity index (χ2v) is 4.09. The Bertz CT molecular complexity index is 320. The monoisotopic (exact) mass is 250 g/mol. The highest BCUT2D eigenvalue weighted by molar-refractivity contribution is 5.66. The third kappa shape index (κ3) is 4.61. The first-order valence-electron chi connectivity index (χ1n) is 5.26. The maximum Gasteiger partial charge on any atom is 0.405 e. The van der Waals surface area contributed by atoms with Gasteiger partial charge in [0.1, 0.15) is 0 Å². The molecule has 1 rings (SSSR count). The van der Waals surface area contributed by atoms with Crippen molar-refractivity contribution in [2.45, 2.75) is 31.5 Å². The lowest BCUT2D eigenvalue weighted by Gasteiger charge is -2.24. The van der Waals surface area contributed by atoms with Gasteiger partial charge in [-0.1, -0.05) is 0 Å². The van der Waals surface area contributed by atoms with Gasteiger partial charge in [-0.15, -0.1) is 0 Å². The maximum atomic E-state index is 12.4. The predicted molar refractivity (Wildman–Crippen MR) is 52.0 cm³/mol. The number of carboxylic acid groups (broad SMARTS) is 1. The van der Waals surface area contributed by atoms with Crippen LogP contribution in [0.15, 0.2) is 0 Å². The van der Waals surface area contributed by atoms with Crippen LogP contribution >= 0.6 is 0 Å². The summed E-state index contributed by atoms with van der Waals surface area (Å²) in [5.41, 5.74) is 0. The first-order chi connectivity index (χ1) is 7.84. The van der Waals surface area contributed by atoms with Gasteiger partial charge in [0, 0.05) is 19.1 Å². The number of nitrogens with zero attached hydrogens (tertiary/aromatic N) is 2. The molecule has 0 aromatic heterocycles. The Morgan fingerprint density at radius 2 is 2.12 bits per heavy atom. The number of aliphatic carboxylic acids is 1. The van der Waals surface area contributed by atoms with E-state index in [-0.39, 0.29) is 19.0 Å². The van der Waals surface area contributed by atoms with E-state index >= 15 is 0 Å². The van der Waals surface area contributed by atoms with Crippen LogP contribution in [0.3, 0.4) is 0 Å². The van der Waals surface area contributed by atoms with Gasteiger partial charge < -0.3 is 5.11 Å². The molecule has 0 amide bonds. The number of hydrogen-bond donors (Lipinski definition) is 1. The Hall–Kier alpha value is -1.29. The highest BCUT2D eigenvalue weighted by Gasteiger charge is 2.43. The van der Waals surface area contributed by atoms with Crippen LogP contribution in [0.4, 0.5) is 13.2 Å². The number of hydrogen-bond acceptors (Lipinski definition) is 3. The van der Waals surface area contributed by atoms with E-state index in [2.05, 4.69) is 0 Å². The van der Waals surface area contributed by atoms with Crippen molar-refractivity contribution < 1.29 is 23.1 Å². The maximum absolute atomic E-state index is 12.4. The zero-order valence-electron chi connectivity index (χ0n) is 9.07. The molecule has 0 saturated heterocycles. The molecule has 0 spiro atoms. The van der Waals surface area contributed by atoms with Crippen molar-refractivity contribution in [2.24, 2.45) is 5.92 Å². The molecule has 17 heavy (non-hydrogen) atoms. The summed E-state index contributed by atoms with van der Waals surface area (Å²) in [6.45, 7) is -0.369. The molecule has 1 atom stereocenters. The number of halogens is 3. The zero-order chi connectivity index (χ0) is 13.1. The summed E-state index contributed by atoms with van der Waals surface area (Å²) < 4.78 is 37.2. The van der Waals surface area contributed by atoms with Gasteiger partial charge in [0.25, 0.3) is 0 Å². The molecule has 1 fully saturated rings. The second-order valence-electron chi connectivity index (χ2n) is 4.09. The van der Waals surface area contributed by atoms with E-state index in [0.717, 1.165) is 12.8 Å². The van der Waals surface area contributed by atoms with Gasteiger partial charge in [0.2, 0.25) is 0 Å². The van der Waals surface area contributed by atoms with Crippen LogP contribution in [-0.2, 0) is 4.79 Å². The molecular weight excluding hydrogens is 237 g/mol. The van der Waals surface area contributed by atoms with Gasteiger partial charge in [-0.2, -0.15) is 18.4 Å². The zero-order valence-corrected chi connectivity index (χ0v) is 9.07. The summed E-state index contributed by atoms with van der Waals surface area (Å²) >= 11 is 0. The van der Waals surface area contributed by atoms with Gasteiger partial charge in [-0.3, -0.25) is 9.69 Å². The summed E-state index contributed by atoms with van der Waals surface area (Å²) in [5.74, 6) is -3.09. The summed E-state index contributed by atoms with van der Waals surface area (Å²) in [6.07, 6.45) is -3.21. The van der Waals surface area contributed by atoms with E-state index in [4.69, 9.17) is 10.4 Å². The molecule has 1 N–H and O–H groups in total. The molecule has 1 aliphatic carbocycles. The van der Waals surface area contributed by atoms with Crippen LogP contribution in [0.2, 0.25) is 0 Å². The van der Waals surface area contributed by atoms with E-state index in [0.29, 0.717) is 0 Å². The molecule has 96 valence electrons. The van der Waals surface area contributed by atoms with Crippen LogP contribution in [-0.4, -0.2) is 41.3 Å². The number of nitriles is 1. The molecule has 0 bridgehead atoms. The fourth-order valence-corrected chi connectivity index (χ4v) is 1.55. The number of carboxylic acids is 1. The normalized spacial score (nSPS) is 17.8. The Labute approximate surface area is 96.6 Å². The Balaban J connectivity index is 2.54. The van der Waals surface area contributed by atoms with Crippen molar-refractivity contribution in [3.63, 3.8) is 0 Å². The van der Waals surface area contributed by atoms with Crippen molar-refractivity contribution >= 4 is 5.97 Å². The highest BCUT2D eigenvalue weighted by atomic mass is 19.4. The minimum Gasteiger partial charge on any atom is -0.481 e. The van der Waals surface area contributed by atoms with Gasteiger partial charge >= 0.3 is 12.1 Å². The van der Waals surface area contributed by atoms with Gasteiger partial charge in [-0.25, -0.2) is 0 Å². The van der Waals surface area contributed by atoms with E-state index in [9.17, 15) is 18.0 Å². The molecule has 0 aromatic rings. The second kappa shape index (κ2) is 5.36. The fraction of sp³-hybridized carbons (Fsp3) is 0.800.